The Labute approximate surface area is 87.0 Å². The second kappa shape index (κ2) is 6.19. The Balaban J connectivity index is 2.42. The minimum atomic E-state index is -2.78. The summed E-state index contributed by atoms with van der Waals surface area (Å²) in [5.41, 5.74) is 0.841. The number of halogens is 2. The van der Waals surface area contributed by atoms with Gasteiger partial charge in [0.1, 0.15) is 5.75 Å². The molecule has 0 radical (unpaired) electrons. The van der Waals surface area contributed by atoms with Gasteiger partial charge < -0.3 is 14.8 Å². The van der Waals surface area contributed by atoms with Crippen LogP contribution in [0.1, 0.15) is 0 Å². The number of hydrogen-bond acceptors (Lipinski definition) is 3. The fraction of sp³-hybridized carbons (Fsp3) is 0.400. The van der Waals surface area contributed by atoms with Crippen LogP contribution < -0.4 is 10.1 Å². The van der Waals surface area contributed by atoms with Crippen LogP contribution in [0.15, 0.2) is 24.3 Å². The largest absolute Gasteiger partial charge is 0.435 e. The Morgan fingerprint density at radius 2 is 1.93 bits per heavy atom. The van der Waals surface area contributed by atoms with Crippen LogP contribution in [0.4, 0.5) is 14.5 Å². The van der Waals surface area contributed by atoms with Gasteiger partial charge in [-0.15, -0.1) is 0 Å². The lowest BCUT2D eigenvalue weighted by Crippen LogP contribution is -2.07. The van der Waals surface area contributed by atoms with Gasteiger partial charge in [0.05, 0.1) is 6.61 Å². The van der Waals surface area contributed by atoms with Gasteiger partial charge in [0.2, 0.25) is 0 Å². The highest BCUT2D eigenvalue weighted by atomic mass is 19.3. The predicted molar refractivity (Wildman–Crippen MR) is 53.4 cm³/mol. The molecule has 0 bridgehead atoms. The van der Waals surface area contributed by atoms with Crippen LogP contribution in [-0.2, 0) is 4.74 Å². The Bertz CT molecular complexity index is 277. The van der Waals surface area contributed by atoms with E-state index in [0.717, 1.165) is 5.69 Å². The van der Waals surface area contributed by atoms with E-state index < -0.39 is 6.61 Å². The molecule has 5 heteroatoms. The van der Waals surface area contributed by atoms with Gasteiger partial charge in [-0.1, -0.05) is 0 Å². The molecule has 0 aliphatic heterocycles. The van der Waals surface area contributed by atoms with Gasteiger partial charge in [0.15, 0.2) is 0 Å². The molecule has 0 unspecified atom stereocenters. The van der Waals surface area contributed by atoms with Crippen LogP contribution in [0.25, 0.3) is 0 Å². The highest BCUT2D eigenvalue weighted by Gasteiger charge is 2.03. The zero-order valence-electron chi connectivity index (χ0n) is 8.37. The van der Waals surface area contributed by atoms with Crippen LogP contribution >= 0.6 is 0 Å². The maximum absolute atomic E-state index is 11.8. The molecule has 0 spiro atoms. The number of nitrogens with one attached hydrogen (secondary N) is 1. The van der Waals surface area contributed by atoms with Crippen molar-refractivity contribution in [2.45, 2.75) is 6.61 Å². The van der Waals surface area contributed by atoms with Crippen LogP contribution in [0.5, 0.6) is 5.75 Å². The minimum absolute atomic E-state index is 0.155. The van der Waals surface area contributed by atoms with Gasteiger partial charge >= 0.3 is 6.61 Å². The topological polar surface area (TPSA) is 30.5 Å². The van der Waals surface area contributed by atoms with Crippen molar-refractivity contribution < 1.29 is 18.3 Å². The smallest absolute Gasteiger partial charge is 0.387 e. The molecule has 0 saturated carbocycles. The summed E-state index contributed by atoms with van der Waals surface area (Å²) >= 11 is 0. The Morgan fingerprint density at radius 1 is 1.27 bits per heavy atom. The first-order valence-electron chi connectivity index (χ1n) is 4.50. The van der Waals surface area contributed by atoms with E-state index in [2.05, 4.69) is 10.1 Å². The molecule has 0 aromatic heterocycles. The van der Waals surface area contributed by atoms with Crippen molar-refractivity contribution >= 4 is 5.69 Å². The molecule has 0 atom stereocenters. The van der Waals surface area contributed by atoms with E-state index in [4.69, 9.17) is 4.74 Å². The fourth-order valence-corrected chi connectivity index (χ4v) is 1.05. The molecule has 84 valence electrons. The lowest BCUT2D eigenvalue weighted by atomic mass is 10.3. The zero-order chi connectivity index (χ0) is 11.1. The van der Waals surface area contributed by atoms with Crippen molar-refractivity contribution in [3.8, 4) is 5.75 Å². The molecule has 0 heterocycles. The van der Waals surface area contributed by atoms with E-state index >= 15 is 0 Å². The molecule has 1 N–H and O–H groups in total. The molecular formula is C10H13F2NO2. The summed E-state index contributed by atoms with van der Waals surface area (Å²) < 4.78 is 32.7. The summed E-state index contributed by atoms with van der Waals surface area (Å²) in [7, 11) is 1.61. The summed E-state index contributed by atoms with van der Waals surface area (Å²) in [4.78, 5) is 0. The molecule has 0 aliphatic carbocycles. The molecule has 1 aromatic rings. The molecular weight excluding hydrogens is 204 g/mol. The van der Waals surface area contributed by atoms with Crippen LogP contribution in [-0.4, -0.2) is 26.9 Å². The van der Waals surface area contributed by atoms with E-state index in [1.165, 1.54) is 12.1 Å². The van der Waals surface area contributed by atoms with Gasteiger partial charge in [-0.2, -0.15) is 8.78 Å². The zero-order valence-corrected chi connectivity index (χ0v) is 8.37. The Kier molecular flexibility index (Phi) is 4.83. The van der Waals surface area contributed by atoms with Crippen molar-refractivity contribution in [1.29, 1.82) is 0 Å². The number of anilines is 1. The van der Waals surface area contributed by atoms with Crippen molar-refractivity contribution in [3.63, 3.8) is 0 Å². The quantitative estimate of drug-likeness (QED) is 0.742. The molecule has 0 fully saturated rings. The number of hydrogen-bond donors (Lipinski definition) is 1. The highest BCUT2D eigenvalue weighted by Crippen LogP contribution is 2.17. The van der Waals surface area contributed by atoms with Gasteiger partial charge in [0.25, 0.3) is 0 Å². The second-order valence-corrected chi connectivity index (χ2v) is 2.82. The number of ether oxygens (including phenoxy) is 2. The van der Waals surface area contributed by atoms with E-state index in [-0.39, 0.29) is 5.75 Å². The number of alkyl halides is 2. The third kappa shape index (κ3) is 4.60. The maximum Gasteiger partial charge on any atom is 0.387 e. The first kappa shape index (κ1) is 11.7. The van der Waals surface area contributed by atoms with E-state index in [0.29, 0.717) is 13.2 Å². The highest BCUT2D eigenvalue weighted by molar-refractivity contribution is 5.46. The fourth-order valence-electron chi connectivity index (χ4n) is 1.05. The summed E-state index contributed by atoms with van der Waals surface area (Å²) in [5.74, 6) is 0.155. The van der Waals surface area contributed by atoms with Crippen molar-refractivity contribution in [1.82, 2.24) is 0 Å². The predicted octanol–water partition coefficient (Wildman–Crippen LogP) is 2.35. The molecule has 0 aliphatic rings. The second-order valence-electron chi connectivity index (χ2n) is 2.82. The normalized spacial score (nSPS) is 10.4. The van der Waals surface area contributed by atoms with Crippen LogP contribution in [0, 0.1) is 0 Å². The van der Waals surface area contributed by atoms with Crippen molar-refractivity contribution in [2.24, 2.45) is 0 Å². The first-order valence-corrected chi connectivity index (χ1v) is 4.50. The van der Waals surface area contributed by atoms with Gasteiger partial charge in [-0.05, 0) is 24.3 Å². The lowest BCUT2D eigenvalue weighted by Gasteiger charge is -2.07. The van der Waals surface area contributed by atoms with Gasteiger partial charge in [0, 0.05) is 19.3 Å². The maximum atomic E-state index is 11.8. The lowest BCUT2D eigenvalue weighted by molar-refractivity contribution is -0.0498. The SMILES string of the molecule is COCCNc1ccc(OC(F)F)cc1. The molecule has 0 saturated heterocycles. The standard InChI is InChI=1S/C10H13F2NO2/c1-14-7-6-13-8-2-4-9(5-3-8)15-10(11)12/h2-5,10,13H,6-7H2,1H3. The third-order valence-corrected chi connectivity index (χ3v) is 1.71. The number of rotatable bonds is 6. The average Bonchev–Trinajstić information content (AvgIpc) is 2.20. The third-order valence-electron chi connectivity index (χ3n) is 1.71. The molecule has 1 rings (SSSR count). The van der Waals surface area contributed by atoms with E-state index in [9.17, 15) is 8.78 Å². The molecule has 15 heavy (non-hydrogen) atoms. The number of benzene rings is 1. The first-order chi connectivity index (χ1) is 7.22. The number of methoxy groups -OCH3 is 1. The van der Waals surface area contributed by atoms with E-state index in [1.807, 2.05) is 0 Å². The summed E-state index contributed by atoms with van der Waals surface area (Å²) in [6, 6.07) is 6.32. The molecule has 3 nitrogen and oxygen atoms in total. The summed E-state index contributed by atoms with van der Waals surface area (Å²) in [6.45, 7) is -1.52. The van der Waals surface area contributed by atoms with Crippen LogP contribution in [0.2, 0.25) is 0 Å². The minimum Gasteiger partial charge on any atom is -0.435 e. The van der Waals surface area contributed by atoms with Crippen molar-refractivity contribution in [2.75, 3.05) is 25.6 Å². The monoisotopic (exact) mass is 217 g/mol. The Morgan fingerprint density at radius 3 is 2.47 bits per heavy atom. The Hall–Kier alpha value is -1.36. The van der Waals surface area contributed by atoms with Gasteiger partial charge in [-0.25, -0.2) is 0 Å². The van der Waals surface area contributed by atoms with E-state index in [1.54, 1.807) is 19.2 Å². The molecule has 1 aromatic carbocycles. The van der Waals surface area contributed by atoms with Crippen molar-refractivity contribution in [3.05, 3.63) is 24.3 Å². The van der Waals surface area contributed by atoms with Gasteiger partial charge in [-0.3, -0.25) is 0 Å². The van der Waals surface area contributed by atoms with Crippen LogP contribution in [0.3, 0.4) is 0 Å². The summed E-state index contributed by atoms with van der Waals surface area (Å²) in [6.07, 6.45) is 0. The average molecular weight is 217 g/mol. The molecule has 0 amide bonds. The summed E-state index contributed by atoms with van der Waals surface area (Å²) in [5, 5.41) is 3.06.